The maximum absolute atomic E-state index is 12.4. The first-order valence-electron chi connectivity index (χ1n) is 7.18. The predicted molar refractivity (Wildman–Crippen MR) is 81.7 cm³/mol. The lowest BCUT2D eigenvalue weighted by molar-refractivity contribution is 0.0938. The first-order chi connectivity index (χ1) is 10.2. The maximum Gasteiger partial charge on any atom is 0.254 e. The highest BCUT2D eigenvalue weighted by Crippen LogP contribution is 2.26. The first-order valence-corrected chi connectivity index (χ1v) is 8.06. The molecule has 2 aromatic rings. The van der Waals surface area contributed by atoms with Crippen LogP contribution in [0.15, 0.2) is 23.7 Å². The van der Waals surface area contributed by atoms with E-state index >= 15 is 0 Å². The largest absolute Gasteiger partial charge is 0.381 e. The number of thiophene rings is 1. The van der Waals surface area contributed by atoms with E-state index in [0.717, 1.165) is 25.1 Å². The summed E-state index contributed by atoms with van der Waals surface area (Å²) in [5.74, 6) is 0.190. The quantitative estimate of drug-likeness (QED) is 0.891. The van der Waals surface area contributed by atoms with Gasteiger partial charge in [-0.25, -0.2) is 0 Å². The van der Waals surface area contributed by atoms with Crippen LogP contribution in [0, 0.1) is 0 Å². The monoisotopic (exact) mass is 305 g/mol. The molecule has 0 radical (unpaired) electrons. The van der Waals surface area contributed by atoms with Crippen LogP contribution in [0.3, 0.4) is 0 Å². The predicted octanol–water partition coefficient (Wildman–Crippen LogP) is 2.34. The van der Waals surface area contributed by atoms with Crippen LogP contribution in [0.5, 0.6) is 0 Å². The average molecular weight is 305 g/mol. The van der Waals surface area contributed by atoms with Crippen LogP contribution < -0.4 is 5.32 Å². The number of ether oxygens (including phenoxy) is 1. The van der Waals surface area contributed by atoms with Gasteiger partial charge in [0.1, 0.15) is 0 Å². The maximum atomic E-state index is 12.4. The Kier molecular flexibility index (Phi) is 4.36. The van der Waals surface area contributed by atoms with Gasteiger partial charge in [0.25, 0.3) is 5.91 Å². The summed E-state index contributed by atoms with van der Waals surface area (Å²) in [6, 6.07) is 4.22. The summed E-state index contributed by atoms with van der Waals surface area (Å²) >= 11 is 1.71. The van der Waals surface area contributed by atoms with Gasteiger partial charge < -0.3 is 10.1 Å². The van der Waals surface area contributed by atoms with Gasteiger partial charge in [-0.1, -0.05) is 6.07 Å². The van der Waals surface area contributed by atoms with Gasteiger partial charge in [0.05, 0.1) is 24.1 Å². The second-order valence-electron chi connectivity index (χ2n) is 5.42. The molecule has 2 aromatic heterocycles. The fourth-order valence-electron chi connectivity index (χ4n) is 2.63. The van der Waals surface area contributed by atoms with E-state index in [1.165, 1.54) is 4.88 Å². The lowest BCUT2D eigenvalue weighted by Crippen LogP contribution is -2.34. The molecular weight excluding hydrogens is 286 g/mol. The zero-order valence-electron chi connectivity index (χ0n) is 12.0. The van der Waals surface area contributed by atoms with E-state index in [4.69, 9.17) is 4.74 Å². The van der Waals surface area contributed by atoms with Gasteiger partial charge >= 0.3 is 0 Å². The van der Waals surface area contributed by atoms with Crippen LogP contribution in [-0.2, 0) is 11.2 Å². The van der Waals surface area contributed by atoms with Crippen molar-refractivity contribution in [2.75, 3.05) is 13.2 Å². The summed E-state index contributed by atoms with van der Waals surface area (Å²) < 4.78 is 5.39. The number of carbonyl (C=O) groups is 1. The number of aromatic amines is 1. The number of carbonyl (C=O) groups excluding carboxylic acids is 1. The summed E-state index contributed by atoms with van der Waals surface area (Å²) in [5, 5.41) is 12.1. The molecule has 0 aromatic carbocycles. The van der Waals surface area contributed by atoms with Crippen LogP contribution in [0.1, 0.15) is 40.2 Å². The highest BCUT2D eigenvalue weighted by Gasteiger charge is 2.25. The van der Waals surface area contributed by atoms with Crippen LogP contribution in [-0.4, -0.2) is 35.4 Å². The van der Waals surface area contributed by atoms with Crippen LogP contribution in [0.4, 0.5) is 0 Å². The fourth-order valence-corrected chi connectivity index (χ4v) is 3.47. The molecule has 0 aliphatic carbocycles. The van der Waals surface area contributed by atoms with Gasteiger partial charge in [0.2, 0.25) is 0 Å². The van der Waals surface area contributed by atoms with E-state index in [1.807, 2.05) is 13.0 Å². The van der Waals surface area contributed by atoms with Crippen LogP contribution >= 0.6 is 11.3 Å². The van der Waals surface area contributed by atoms with E-state index in [-0.39, 0.29) is 17.9 Å². The van der Waals surface area contributed by atoms with Crippen molar-refractivity contribution in [3.8, 4) is 0 Å². The number of amides is 1. The van der Waals surface area contributed by atoms with Crippen molar-refractivity contribution in [2.45, 2.75) is 31.7 Å². The molecule has 5 nitrogen and oxygen atoms in total. The first kappa shape index (κ1) is 14.3. The zero-order chi connectivity index (χ0) is 14.7. The van der Waals surface area contributed by atoms with E-state index in [0.29, 0.717) is 12.2 Å². The van der Waals surface area contributed by atoms with E-state index in [1.54, 1.807) is 17.5 Å². The third-order valence-corrected chi connectivity index (χ3v) is 4.62. The Morgan fingerprint density at radius 3 is 3.29 bits per heavy atom. The van der Waals surface area contributed by atoms with E-state index in [2.05, 4.69) is 27.0 Å². The molecule has 112 valence electrons. The normalized spacial score (nSPS) is 19.6. The van der Waals surface area contributed by atoms with Gasteiger partial charge in [-0.2, -0.15) is 5.10 Å². The number of H-pyrrole nitrogens is 1. The minimum atomic E-state index is -0.0605. The lowest BCUT2D eigenvalue weighted by atomic mass is 10.0. The molecule has 3 heterocycles. The Morgan fingerprint density at radius 1 is 1.67 bits per heavy atom. The third-order valence-electron chi connectivity index (χ3n) is 3.72. The van der Waals surface area contributed by atoms with Crippen molar-refractivity contribution >= 4 is 17.2 Å². The number of hydrogen-bond donors (Lipinski definition) is 2. The van der Waals surface area contributed by atoms with Crippen molar-refractivity contribution in [3.05, 3.63) is 39.8 Å². The third kappa shape index (κ3) is 3.33. The lowest BCUT2D eigenvalue weighted by Gasteiger charge is -2.14. The second kappa shape index (κ2) is 6.41. The molecule has 1 fully saturated rings. The van der Waals surface area contributed by atoms with Gasteiger partial charge in [0.15, 0.2) is 0 Å². The molecule has 21 heavy (non-hydrogen) atoms. The van der Waals surface area contributed by atoms with Crippen molar-refractivity contribution in [1.29, 1.82) is 0 Å². The molecule has 1 saturated heterocycles. The van der Waals surface area contributed by atoms with Gasteiger partial charge in [-0.05, 0) is 24.8 Å². The topological polar surface area (TPSA) is 67.0 Å². The highest BCUT2D eigenvalue weighted by molar-refractivity contribution is 7.09. The summed E-state index contributed by atoms with van der Waals surface area (Å²) in [4.78, 5) is 13.7. The summed E-state index contributed by atoms with van der Waals surface area (Å²) in [6.45, 7) is 3.43. The standard InChI is InChI=1S/C15H19N3O2S/c1-10(7-12-3-2-6-21-12)17-15(19)13-8-16-18-14(13)11-4-5-20-9-11/h2-3,6,8,10-11H,4-5,7,9H2,1H3,(H,16,18)(H,17,19)/t10-,11+/m1/s1. The van der Waals surface area contributed by atoms with Crippen molar-refractivity contribution in [1.82, 2.24) is 15.5 Å². The molecule has 1 amide bonds. The van der Waals surface area contributed by atoms with Crippen molar-refractivity contribution in [3.63, 3.8) is 0 Å². The second-order valence-corrected chi connectivity index (χ2v) is 6.45. The molecule has 1 aliphatic heterocycles. The smallest absolute Gasteiger partial charge is 0.254 e. The Balaban J connectivity index is 1.64. The molecule has 6 heteroatoms. The molecule has 1 aliphatic rings. The number of hydrogen-bond acceptors (Lipinski definition) is 4. The molecule has 0 unspecified atom stereocenters. The molecule has 2 atom stereocenters. The number of rotatable bonds is 5. The molecule has 3 rings (SSSR count). The van der Waals surface area contributed by atoms with Gasteiger partial charge in [-0.3, -0.25) is 9.89 Å². The van der Waals surface area contributed by atoms with Gasteiger partial charge in [-0.15, -0.1) is 11.3 Å². The minimum Gasteiger partial charge on any atom is -0.381 e. The Bertz CT molecular complexity index is 588. The molecule has 0 bridgehead atoms. The fraction of sp³-hybridized carbons (Fsp3) is 0.467. The average Bonchev–Trinajstić information content (AvgIpc) is 3.20. The van der Waals surface area contributed by atoms with E-state index < -0.39 is 0 Å². The molecular formula is C15H19N3O2S. The molecule has 2 N–H and O–H groups in total. The Hall–Kier alpha value is -1.66. The van der Waals surface area contributed by atoms with Crippen molar-refractivity contribution < 1.29 is 9.53 Å². The molecule has 0 saturated carbocycles. The van der Waals surface area contributed by atoms with E-state index in [9.17, 15) is 4.79 Å². The minimum absolute atomic E-state index is 0.0605. The number of nitrogens with zero attached hydrogens (tertiary/aromatic N) is 1. The van der Waals surface area contributed by atoms with Gasteiger partial charge in [0, 0.05) is 29.9 Å². The van der Waals surface area contributed by atoms with Crippen molar-refractivity contribution in [2.24, 2.45) is 0 Å². The summed E-state index contributed by atoms with van der Waals surface area (Å²) in [6.07, 6.45) is 3.40. The summed E-state index contributed by atoms with van der Waals surface area (Å²) in [7, 11) is 0. The number of aromatic nitrogens is 2. The van der Waals surface area contributed by atoms with Crippen LogP contribution in [0.2, 0.25) is 0 Å². The molecule has 0 spiro atoms. The Morgan fingerprint density at radius 2 is 2.57 bits per heavy atom. The Labute approximate surface area is 127 Å². The number of nitrogens with one attached hydrogen (secondary N) is 2. The SMILES string of the molecule is C[C@H](Cc1cccs1)NC(=O)c1cn[nH]c1[C@H]1CCOC1. The summed E-state index contributed by atoms with van der Waals surface area (Å²) in [5.41, 5.74) is 1.54. The van der Waals surface area contributed by atoms with Crippen LogP contribution in [0.25, 0.3) is 0 Å². The zero-order valence-corrected chi connectivity index (χ0v) is 12.8. The highest BCUT2D eigenvalue weighted by atomic mass is 32.1.